The van der Waals surface area contributed by atoms with Gasteiger partial charge in [0.05, 0.1) is 11.1 Å². The third-order valence-corrected chi connectivity index (χ3v) is 5.41. The van der Waals surface area contributed by atoms with E-state index in [1.54, 1.807) is 23.7 Å². The summed E-state index contributed by atoms with van der Waals surface area (Å²) in [6.07, 6.45) is 4.63. The Morgan fingerprint density at radius 2 is 1.93 bits per heavy atom. The fraction of sp³-hybridized carbons (Fsp3) is 0.100. The summed E-state index contributed by atoms with van der Waals surface area (Å²) in [5, 5.41) is 6.63. The molecule has 0 aliphatic heterocycles. The van der Waals surface area contributed by atoms with Gasteiger partial charge in [-0.2, -0.15) is 0 Å². The van der Waals surface area contributed by atoms with E-state index in [9.17, 15) is 4.79 Å². The fourth-order valence-corrected chi connectivity index (χ4v) is 3.90. The maximum absolute atomic E-state index is 12.4. The number of hydrogen-bond donors (Lipinski definition) is 1. The van der Waals surface area contributed by atoms with Crippen LogP contribution < -0.4 is 5.32 Å². The summed E-state index contributed by atoms with van der Waals surface area (Å²) < 4.78 is 5.24. The predicted octanol–water partition coefficient (Wildman–Crippen LogP) is 4.73. The highest BCUT2D eigenvalue weighted by Gasteiger charge is 2.13. The maximum Gasteiger partial charge on any atom is 0.274 e. The molecule has 1 N–H and O–H groups in total. The molecule has 0 fully saturated rings. The van der Waals surface area contributed by atoms with Gasteiger partial charge in [0.1, 0.15) is 12.0 Å². The molecule has 4 aromatic rings. The minimum atomic E-state index is -0.248. The third kappa shape index (κ3) is 3.50. The quantitative estimate of drug-likeness (QED) is 0.557. The van der Waals surface area contributed by atoms with Gasteiger partial charge in [-0.05, 0) is 48.7 Å². The summed E-state index contributed by atoms with van der Waals surface area (Å²) in [6, 6.07) is 11.7. The number of aryl methyl sites for hydroxylation is 2. The molecule has 0 spiro atoms. The Morgan fingerprint density at radius 3 is 2.63 bits per heavy atom. The van der Waals surface area contributed by atoms with Crippen LogP contribution in [-0.4, -0.2) is 21.0 Å². The van der Waals surface area contributed by atoms with Gasteiger partial charge in [0, 0.05) is 22.8 Å². The van der Waals surface area contributed by atoms with Gasteiger partial charge >= 0.3 is 0 Å². The molecule has 134 valence electrons. The first-order valence-corrected chi connectivity index (χ1v) is 9.13. The van der Waals surface area contributed by atoms with Crippen molar-refractivity contribution in [3.63, 3.8) is 0 Å². The molecule has 0 aliphatic carbocycles. The topological polar surface area (TPSA) is 80.9 Å². The van der Waals surface area contributed by atoms with Crippen LogP contribution in [0.1, 0.15) is 21.6 Å². The summed E-state index contributed by atoms with van der Waals surface area (Å²) in [5.41, 5.74) is 4.08. The van der Waals surface area contributed by atoms with Crippen molar-refractivity contribution in [2.45, 2.75) is 13.8 Å². The van der Waals surface area contributed by atoms with E-state index in [1.165, 1.54) is 11.9 Å². The van der Waals surface area contributed by atoms with E-state index >= 15 is 0 Å². The van der Waals surface area contributed by atoms with Gasteiger partial charge in [0.2, 0.25) is 0 Å². The van der Waals surface area contributed by atoms with Crippen molar-refractivity contribution in [1.82, 2.24) is 15.1 Å². The minimum absolute atomic E-state index is 0.248. The van der Waals surface area contributed by atoms with E-state index in [1.807, 2.05) is 37.3 Å². The number of thiophene rings is 1. The Morgan fingerprint density at radius 1 is 1.11 bits per heavy atom. The summed E-state index contributed by atoms with van der Waals surface area (Å²) in [7, 11) is 0. The van der Waals surface area contributed by atoms with Crippen LogP contribution in [0.4, 0.5) is 5.69 Å². The number of aromatic nitrogens is 3. The molecule has 0 bridgehead atoms. The number of amides is 1. The Balaban J connectivity index is 1.55. The van der Waals surface area contributed by atoms with E-state index < -0.39 is 0 Å². The number of anilines is 1. The van der Waals surface area contributed by atoms with Crippen LogP contribution in [0.3, 0.4) is 0 Å². The number of carbonyl (C=O) groups excluding carboxylic acids is 1. The van der Waals surface area contributed by atoms with Gasteiger partial charge in [0.25, 0.3) is 5.91 Å². The minimum Gasteiger partial charge on any atom is -0.355 e. The van der Waals surface area contributed by atoms with Crippen molar-refractivity contribution in [3.05, 3.63) is 71.9 Å². The Kier molecular flexibility index (Phi) is 4.52. The molecule has 1 amide bonds. The second-order valence-corrected chi connectivity index (χ2v) is 7.14. The van der Waals surface area contributed by atoms with E-state index in [2.05, 4.69) is 33.4 Å². The molecule has 0 saturated heterocycles. The molecule has 4 rings (SSSR count). The van der Waals surface area contributed by atoms with Crippen LogP contribution in [0.5, 0.6) is 0 Å². The Labute approximate surface area is 159 Å². The molecule has 6 nitrogen and oxygen atoms in total. The largest absolute Gasteiger partial charge is 0.355 e. The summed E-state index contributed by atoms with van der Waals surface area (Å²) in [5.74, 6) is 0.515. The lowest BCUT2D eigenvalue weighted by Gasteiger charge is -2.07. The molecule has 3 heterocycles. The van der Waals surface area contributed by atoms with Gasteiger partial charge in [-0.15, -0.1) is 11.3 Å². The fourth-order valence-electron chi connectivity index (χ4n) is 2.77. The third-order valence-electron chi connectivity index (χ3n) is 4.11. The van der Waals surface area contributed by atoms with Gasteiger partial charge in [0.15, 0.2) is 5.76 Å². The van der Waals surface area contributed by atoms with Crippen molar-refractivity contribution in [1.29, 1.82) is 0 Å². The van der Waals surface area contributed by atoms with E-state index in [0.717, 1.165) is 26.6 Å². The van der Waals surface area contributed by atoms with Gasteiger partial charge in [-0.3, -0.25) is 4.79 Å². The SMILES string of the molecule is Cc1cncnc1C(=O)Nc1ccc(-c2sc(-c3ccno3)cc2C)cc1. The van der Waals surface area contributed by atoms with E-state index in [-0.39, 0.29) is 5.91 Å². The lowest BCUT2D eigenvalue weighted by Crippen LogP contribution is -2.15. The highest BCUT2D eigenvalue weighted by atomic mass is 32.1. The number of carbonyl (C=O) groups is 1. The normalized spacial score (nSPS) is 10.7. The van der Waals surface area contributed by atoms with Crippen molar-refractivity contribution in [2.75, 3.05) is 5.32 Å². The van der Waals surface area contributed by atoms with Gasteiger partial charge in [-0.25, -0.2) is 9.97 Å². The number of rotatable bonds is 4. The van der Waals surface area contributed by atoms with Crippen molar-refractivity contribution in [2.24, 2.45) is 0 Å². The molecule has 0 saturated carbocycles. The van der Waals surface area contributed by atoms with E-state index in [4.69, 9.17) is 4.52 Å². The van der Waals surface area contributed by atoms with Crippen LogP contribution in [0, 0.1) is 13.8 Å². The number of hydrogen-bond acceptors (Lipinski definition) is 6. The second-order valence-electron chi connectivity index (χ2n) is 6.09. The molecule has 1 aromatic carbocycles. The Hall–Kier alpha value is -3.32. The lowest BCUT2D eigenvalue weighted by atomic mass is 10.1. The van der Waals surface area contributed by atoms with Crippen LogP contribution in [0.25, 0.3) is 21.1 Å². The second kappa shape index (κ2) is 7.13. The smallest absolute Gasteiger partial charge is 0.274 e. The molecule has 0 unspecified atom stereocenters. The van der Waals surface area contributed by atoms with Crippen LogP contribution in [0.15, 0.2) is 59.6 Å². The van der Waals surface area contributed by atoms with E-state index in [0.29, 0.717) is 11.4 Å². The first-order valence-electron chi connectivity index (χ1n) is 8.31. The number of benzene rings is 1. The number of nitrogens with one attached hydrogen (secondary N) is 1. The van der Waals surface area contributed by atoms with Gasteiger partial charge < -0.3 is 9.84 Å². The average Bonchev–Trinajstić information content (AvgIpc) is 3.32. The molecule has 0 radical (unpaired) electrons. The monoisotopic (exact) mass is 376 g/mol. The summed E-state index contributed by atoms with van der Waals surface area (Å²) >= 11 is 1.65. The van der Waals surface area contributed by atoms with Crippen molar-refractivity contribution >= 4 is 22.9 Å². The molecular formula is C20H16N4O2S. The van der Waals surface area contributed by atoms with Crippen molar-refractivity contribution < 1.29 is 9.32 Å². The Bertz CT molecular complexity index is 1090. The van der Waals surface area contributed by atoms with Crippen LogP contribution in [0.2, 0.25) is 0 Å². The zero-order chi connectivity index (χ0) is 18.8. The summed E-state index contributed by atoms with van der Waals surface area (Å²) in [4.78, 5) is 22.5. The first-order chi connectivity index (χ1) is 13.1. The average molecular weight is 376 g/mol. The molecule has 3 aromatic heterocycles. The molecule has 27 heavy (non-hydrogen) atoms. The standard InChI is InChI=1S/C20H16N4O2S/c1-12-9-17(16-7-8-23-26-16)27-19(12)14-3-5-15(6-4-14)24-20(25)18-13(2)10-21-11-22-18/h3-11H,1-2H3,(H,24,25). The predicted molar refractivity (Wildman–Crippen MR) is 105 cm³/mol. The molecular weight excluding hydrogens is 360 g/mol. The number of nitrogens with zero attached hydrogens (tertiary/aromatic N) is 3. The molecule has 0 aliphatic rings. The maximum atomic E-state index is 12.4. The van der Waals surface area contributed by atoms with Crippen molar-refractivity contribution in [3.8, 4) is 21.1 Å². The lowest BCUT2D eigenvalue weighted by molar-refractivity contribution is 0.102. The molecule has 7 heteroatoms. The summed E-state index contributed by atoms with van der Waals surface area (Å²) in [6.45, 7) is 3.88. The van der Waals surface area contributed by atoms with Crippen LogP contribution in [-0.2, 0) is 0 Å². The highest BCUT2D eigenvalue weighted by Crippen LogP contribution is 2.38. The first kappa shape index (κ1) is 17.1. The van der Waals surface area contributed by atoms with Gasteiger partial charge in [-0.1, -0.05) is 17.3 Å². The zero-order valence-corrected chi connectivity index (χ0v) is 15.6. The highest BCUT2D eigenvalue weighted by molar-refractivity contribution is 7.19. The zero-order valence-electron chi connectivity index (χ0n) is 14.8. The molecule has 0 atom stereocenters. The van der Waals surface area contributed by atoms with Crippen LogP contribution >= 0.6 is 11.3 Å².